The molecular formula is C8H9BrN2O2S. The molecule has 0 aliphatic rings. The van der Waals surface area contributed by atoms with Gasteiger partial charge in [-0.1, -0.05) is 6.58 Å². The molecule has 0 radical (unpaired) electrons. The fraction of sp³-hybridized carbons (Fsp3) is 0.250. The Kier molecular flexibility index (Phi) is 3.77. The highest BCUT2D eigenvalue weighted by Crippen LogP contribution is 2.01. The average molecular weight is 277 g/mol. The zero-order valence-electron chi connectivity index (χ0n) is 7.29. The second-order valence-electron chi connectivity index (χ2n) is 2.77. The Morgan fingerprint density at radius 3 is 2.86 bits per heavy atom. The van der Waals surface area contributed by atoms with E-state index in [1.54, 1.807) is 0 Å². The molecule has 1 N–H and O–H groups in total. The van der Waals surface area contributed by atoms with Crippen LogP contribution in [0.1, 0.15) is 0 Å². The lowest BCUT2D eigenvalue weighted by molar-refractivity contribution is 0.709. The first-order chi connectivity index (χ1) is 6.54. The van der Waals surface area contributed by atoms with Gasteiger partial charge < -0.3 is 0 Å². The van der Waals surface area contributed by atoms with Crippen molar-refractivity contribution in [1.82, 2.24) is 9.55 Å². The minimum atomic E-state index is -0.443. The van der Waals surface area contributed by atoms with Crippen LogP contribution in [-0.2, 0) is 6.54 Å². The quantitative estimate of drug-likeness (QED) is 0.634. The molecule has 0 bridgehead atoms. The number of nitrogens with one attached hydrogen (secondary N) is 1. The summed E-state index contributed by atoms with van der Waals surface area (Å²) < 4.78 is 1.69. The van der Waals surface area contributed by atoms with Gasteiger partial charge in [-0.2, -0.15) is 12.6 Å². The van der Waals surface area contributed by atoms with E-state index in [4.69, 9.17) is 0 Å². The summed E-state index contributed by atoms with van der Waals surface area (Å²) in [6.45, 7) is 4.08. The maximum atomic E-state index is 11.3. The third kappa shape index (κ3) is 2.62. The number of rotatable bonds is 3. The van der Waals surface area contributed by atoms with Gasteiger partial charge in [-0.05, 0) is 21.5 Å². The van der Waals surface area contributed by atoms with Crippen LogP contribution in [0.3, 0.4) is 0 Å². The molecule has 1 rings (SSSR count). The maximum Gasteiger partial charge on any atom is 0.328 e. The van der Waals surface area contributed by atoms with Crippen molar-refractivity contribution in [2.24, 2.45) is 0 Å². The molecule has 0 aromatic carbocycles. The molecule has 0 aliphatic heterocycles. The highest BCUT2D eigenvalue weighted by molar-refractivity contribution is 9.10. The Morgan fingerprint density at radius 1 is 1.64 bits per heavy atom. The van der Waals surface area contributed by atoms with E-state index in [1.807, 2.05) is 0 Å². The van der Waals surface area contributed by atoms with Gasteiger partial charge >= 0.3 is 5.69 Å². The van der Waals surface area contributed by atoms with E-state index in [0.29, 0.717) is 16.8 Å². The van der Waals surface area contributed by atoms with Gasteiger partial charge in [0.05, 0.1) is 4.47 Å². The van der Waals surface area contributed by atoms with Crippen LogP contribution in [-0.4, -0.2) is 15.3 Å². The van der Waals surface area contributed by atoms with Gasteiger partial charge in [0.2, 0.25) is 0 Å². The van der Waals surface area contributed by atoms with Crippen molar-refractivity contribution in [3.8, 4) is 0 Å². The van der Waals surface area contributed by atoms with Gasteiger partial charge in [0.15, 0.2) is 0 Å². The zero-order chi connectivity index (χ0) is 10.7. The topological polar surface area (TPSA) is 54.9 Å². The van der Waals surface area contributed by atoms with Gasteiger partial charge in [-0.25, -0.2) is 4.79 Å². The van der Waals surface area contributed by atoms with E-state index in [1.165, 1.54) is 10.8 Å². The molecule has 1 aromatic heterocycles. The number of H-pyrrole nitrogens is 1. The molecule has 1 heterocycles. The predicted molar refractivity (Wildman–Crippen MR) is 62.0 cm³/mol. The summed E-state index contributed by atoms with van der Waals surface area (Å²) in [5.41, 5.74) is -0.0711. The van der Waals surface area contributed by atoms with Crippen LogP contribution in [0.15, 0.2) is 32.4 Å². The molecule has 76 valence electrons. The monoisotopic (exact) mass is 276 g/mol. The SMILES string of the molecule is C=C(CS)Cn1cc(Br)c(=O)[nH]c1=O. The van der Waals surface area contributed by atoms with Crippen LogP contribution in [0.25, 0.3) is 0 Å². The summed E-state index contributed by atoms with van der Waals surface area (Å²) >= 11 is 7.07. The van der Waals surface area contributed by atoms with Crippen LogP contribution in [0.4, 0.5) is 0 Å². The molecule has 0 saturated carbocycles. The van der Waals surface area contributed by atoms with Crippen molar-refractivity contribution in [2.75, 3.05) is 5.75 Å². The molecule has 0 saturated heterocycles. The lowest BCUT2D eigenvalue weighted by Crippen LogP contribution is -2.30. The van der Waals surface area contributed by atoms with Crippen LogP contribution in [0.5, 0.6) is 0 Å². The highest BCUT2D eigenvalue weighted by atomic mass is 79.9. The van der Waals surface area contributed by atoms with Crippen molar-refractivity contribution in [3.05, 3.63) is 43.7 Å². The number of thiol groups is 1. The number of aromatic nitrogens is 2. The van der Waals surface area contributed by atoms with Gasteiger partial charge in [-0.15, -0.1) is 0 Å². The number of aromatic amines is 1. The molecule has 0 atom stereocenters. The van der Waals surface area contributed by atoms with E-state index in [0.717, 1.165) is 5.57 Å². The zero-order valence-corrected chi connectivity index (χ0v) is 9.77. The smallest absolute Gasteiger partial charge is 0.295 e. The van der Waals surface area contributed by atoms with E-state index in [2.05, 4.69) is 40.1 Å². The van der Waals surface area contributed by atoms with Gasteiger partial charge in [-0.3, -0.25) is 14.3 Å². The standard InChI is InChI=1S/C8H9BrN2O2S/c1-5(4-14)2-11-3-6(9)7(12)10-8(11)13/h3,14H,1-2,4H2,(H,10,12,13). The Labute approximate surface area is 94.2 Å². The highest BCUT2D eigenvalue weighted by Gasteiger charge is 2.02. The Morgan fingerprint density at radius 2 is 2.29 bits per heavy atom. The molecule has 4 nitrogen and oxygen atoms in total. The first kappa shape index (κ1) is 11.3. The fourth-order valence-corrected chi connectivity index (χ4v) is 1.34. The first-order valence-electron chi connectivity index (χ1n) is 3.81. The van der Waals surface area contributed by atoms with Gasteiger partial charge in [0, 0.05) is 18.5 Å². The lowest BCUT2D eigenvalue weighted by atomic mass is 10.3. The van der Waals surface area contributed by atoms with E-state index in [9.17, 15) is 9.59 Å². The van der Waals surface area contributed by atoms with Crippen LogP contribution in [0, 0.1) is 0 Å². The maximum absolute atomic E-state index is 11.3. The van der Waals surface area contributed by atoms with Gasteiger partial charge in [0.25, 0.3) is 5.56 Å². The summed E-state index contributed by atoms with van der Waals surface area (Å²) in [6, 6.07) is 0. The third-order valence-corrected chi connectivity index (χ3v) is 2.60. The van der Waals surface area contributed by atoms with Crippen molar-refractivity contribution < 1.29 is 0 Å². The van der Waals surface area contributed by atoms with Crippen molar-refractivity contribution in [1.29, 1.82) is 0 Å². The third-order valence-electron chi connectivity index (χ3n) is 1.58. The van der Waals surface area contributed by atoms with Gasteiger partial charge in [0.1, 0.15) is 0 Å². The largest absolute Gasteiger partial charge is 0.328 e. The number of hydrogen-bond acceptors (Lipinski definition) is 3. The molecule has 0 amide bonds. The molecule has 0 fully saturated rings. The van der Waals surface area contributed by atoms with Crippen molar-refractivity contribution in [3.63, 3.8) is 0 Å². The Bertz CT molecular complexity index is 463. The first-order valence-corrected chi connectivity index (χ1v) is 5.24. The lowest BCUT2D eigenvalue weighted by Gasteiger charge is -2.05. The Hall–Kier alpha value is -0.750. The van der Waals surface area contributed by atoms with E-state index in [-0.39, 0.29) is 0 Å². The summed E-state index contributed by atoms with van der Waals surface area (Å²) in [6.07, 6.45) is 1.44. The van der Waals surface area contributed by atoms with Crippen molar-refractivity contribution >= 4 is 28.6 Å². The van der Waals surface area contributed by atoms with Crippen LogP contribution < -0.4 is 11.2 Å². The normalized spacial score (nSPS) is 10.1. The molecular weight excluding hydrogens is 268 g/mol. The number of hydrogen-bond donors (Lipinski definition) is 2. The Balaban J connectivity index is 3.11. The van der Waals surface area contributed by atoms with E-state index < -0.39 is 11.2 Å². The summed E-state index contributed by atoms with van der Waals surface area (Å²) in [5.74, 6) is 0.503. The summed E-state index contributed by atoms with van der Waals surface area (Å²) in [4.78, 5) is 24.4. The average Bonchev–Trinajstić information content (AvgIpc) is 2.14. The fourth-order valence-electron chi connectivity index (χ4n) is 0.891. The van der Waals surface area contributed by atoms with Crippen LogP contribution in [0.2, 0.25) is 0 Å². The molecule has 0 spiro atoms. The number of halogens is 1. The number of nitrogens with zero attached hydrogens (tertiary/aromatic N) is 1. The second kappa shape index (κ2) is 4.65. The predicted octanol–water partition coefficient (Wildman–Crippen LogP) is 0.785. The minimum absolute atomic E-state index is 0.323. The molecule has 6 heteroatoms. The molecule has 0 aliphatic carbocycles. The van der Waals surface area contributed by atoms with Crippen LogP contribution >= 0.6 is 28.6 Å². The molecule has 14 heavy (non-hydrogen) atoms. The van der Waals surface area contributed by atoms with E-state index >= 15 is 0 Å². The second-order valence-corrected chi connectivity index (χ2v) is 3.94. The molecule has 0 unspecified atom stereocenters. The van der Waals surface area contributed by atoms with Crippen molar-refractivity contribution in [2.45, 2.75) is 6.54 Å². The molecule has 1 aromatic rings. The summed E-state index contributed by atoms with van der Waals surface area (Å²) in [5, 5.41) is 0. The minimum Gasteiger partial charge on any atom is -0.295 e. The summed E-state index contributed by atoms with van der Waals surface area (Å²) in [7, 11) is 0.